The third kappa shape index (κ3) is 2.85. The zero-order valence-corrected chi connectivity index (χ0v) is 16.2. The highest BCUT2D eigenvalue weighted by Crippen LogP contribution is 2.40. The van der Waals surface area contributed by atoms with E-state index in [0.29, 0.717) is 11.4 Å². The van der Waals surface area contributed by atoms with E-state index in [2.05, 4.69) is 0 Å². The van der Waals surface area contributed by atoms with Gasteiger partial charge < -0.3 is 14.2 Å². The molecule has 1 aromatic carbocycles. The van der Waals surface area contributed by atoms with Crippen LogP contribution in [0, 0.1) is 12.7 Å². The van der Waals surface area contributed by atoms with Crippen molar-refractivity contribution in [2.24, 2.45) is 7.05 Å². The van der Waals surface area contributed by atoms with Crippen LogP contribution in [0.3, 0.4) is 0 Å². The number of anilines is 1. The first-order valence-corrected chi connectivity index (χ1v) is 8.62. The molecular formula is C19H22FN3O4. The van der Waals surface area contributed by atoms with Crippen LogP contribution in [0.1, 0.15) is 33.4 Å². The number of benzene rings is 1. The fourth-order valence-electron chi connectivity index (χ4n) is 3.16. The van der Waals surface area contributed by atoms with Crippen LogP contribution in [0.25, 0.3) is 5.69 Å². The molecule has 2 aromatic rings. The minimum Gasteiger partial charge on any atom is -0.476 e. The number of amides is 1. The lowest BCUT2D eigenvalue weighted by atomic mass is 10.0. The molecule has 144 valence electrons. The van der Waals surface area contributed by atoms with E-state index < -0.39 is 22.7 Å². The smallest absolute Gasteiger partial charge is 0.335 e. The maximum Gasteiger partial charge on any atom is 0.335 e. The Kier molecular flexibility index (Phi) is 4.25. The molecule has 0 saturated heterocycles. The van der Waals surface area contributed by atoms with Gasteiger partial charge in [0.25, 0.3) is 11.5 Å². The Morgan fingerprint density at radius 3 is 2.30 bits per heavy atom. The summed E-state index contributed by atoms with van der Waals surface area (Å²) >= 11 is 0. The van der Waals surface area contributed by atoms with Gasteiger partial charge in [-0.3, -0.25) is 9.59 Å². The van der Waals surface area contributed by atoms with Crippen molar-refractivity contribution in [3.8, 4) is 11.4 Å². The summed E-state index contributed by atoms with van der Waals surface area (Å²) < 4.78 is 22.5. The number of carbonyl (C=O) groups is 1. The number of aromatic nitrogens is 2. The number of nitrogens with zero attached hydrogens (tertiary/aromatic N) is 3. The first kappa shape index (κ1) is 18.9. The van der Waals surface area contributed by atoms with E-state index in [9.17, 15) is 18.8 Å². The molecular weight excluding hydrogens is 353 g/mol. The molecule has 1 amide bonds. The average Bonchev–Trinajstić information content (AvgIpc) is 2.54. The molecule has 1 aliphatic rings. The Morgan fingerprint density at radius 1 is 1.07 bits per heavy atom. The molecule has 0 fully saturated rings. The Balaban J connectivity index is 2.33. The standard InChI is InChI=1S/C19H22FN3O4/c1-10(2)22-14-9-13(23-16(24)7-11(3)21(6)18(23)26)12(20)8-15(14)27-19(4,5)17(22)25/h7-10H,1-6H3. The zero-order valence-electron chi connectivity index (χ0n) is 16.2. The van der Waals surface area contributed by atoms with Crippen molar-refractivity contribution >= 4 is 11.6 Å². The van der Waals surface area contributed by atoms with Gasteiger partial charge in [0.2, 0.25) is 0 Å². The van der Waals surface area contributed by atoms with Crippen LogP contribution in [0.15, 0.2) is 27.8 Å². The number of hydrogen-bond acceptors (Lipinski definition) is 4. The van der Waals surface area contributed by atoms with Crippen molar-refractivity contribution in [2.45, 2.75) is 46.3 Å². The molecule has 1 aromatic heterocycles. The monoisotopic (exact) mass is 375 g/mol. The Labute approximate surface area is 155 Å². The van der Waals surface area contributed by atoms with Gasteiger partial charge in [-0.05, 0) is 40.7 Å². The Bertz CT molecular complexity index is 1070. The molecule has 0 saturated carbocycles. The Morgan fingerprint density at radius 2 is 1.70 bits per heavy atom. The van der Waals surface area contributed by atoms with Crippen LogP contribution in [0.4, 0.5) is 10.1 Å². The fourth-order valence-corrected chi connectivity index (χ4v) is 3.16. The quantitative estimate of drug-likeness (QED) is 0.804. The van der Waals surface area contributed by atoms with Crippen LogP contribution >= 0.6 is 0 Å². The van der Waals surface area contributed by atoms with Crippen LogP contribution < -0.4 is 20.9 Å². The van der Waals surface area contributed by atoms with Crippen molar-refractivity contribution in [1.29, 1.82) is 0 Å². The second kappa shape index (κ2) is 6.07. The van der Waals surface area contributed by atoms with Gasteiger partial charge in [-0.25, -0.2) is 13.8 Å². The molecule has 0 N–H and O–H groups in total. The second-order valence-corrected chi connectivity index (χ2v) is 7.45. The number of fused-ring (bicyclic) bond motifs is 1. The number of carbonyl (C=O) groups excluding carboxylic acids is 1. The molecule has 2 heterocycles. The first-order chi connectivity index (χ1) is 12.5. The highest BCUT2D eigenvalue weighted by Gasteiger charge is 2.42. The van der Waals surface area contributed by atoms with Crippen LogP contribution in [0.2, 0.25) is 0 Å². The minimum absolute atomic E-state index is 0.187. The molecule has 7 nitrogen and oxygen atoms in total. The van der Waals surface area contributed by atoms with E-state index in [4.69, 9.17) is 4.74 Å². The highest BCUT2D eigenvalue weighted by molar-refractivity contribution is 6.03. The van der Waals surface area contributed by atoms with Gasteiger partial charge in [0, 0.05) is 30.9 Å². The summed E-state index contributed by atoms with van der Waals surface area (Å²) in [6.45, 7) is 8.48. The number of rotatable bonds is 2. The second-order valence-electron chi connectivity index (χ2n) is 7.45. The normalized spacial score (nSPS) is 15.7. The van der Waals surface area contributed by atoms with Gasteiger partial charge in [-0.1, -0.05) is 0 Å². The molecule has 0 radical (unpaired) electrons. The van der Waals surface area contributed by atoms with Gasteiger partial charge >= 0.3 is 5.69 Å². The lowest BCUT2D eigenvalue weighted by Gasteiger charge is -2.41. The third-order valence-corrected chi connectivity index (χ3v) is 4.70. The van der Waals surface area contributed by atoms with Gasteiger partial charge in [0.15, 0.2) is 11.4 Å². The van der Waals surface area contributed by atoms with Gasteiger partial charge in [-0.2, -0.15) is 0 Å². The van der Waals surface area contributed by atoms with E-state index >= 15 is 0 Å². The van der Waals surface area contributed by atoms with Gasteiger partial charge in [0.05, 0.1) is 11.4 Å². The predicted molar refractivity (Wildman–Crippen MR) is 99.3 cm³/mol. The fraction of sp³-hybridized carbons (Fsp3) is 0.421. The summed E-state index contributed by atoms with van der Waals surface area (Å²) in [5, 5.41) is 0. The average molecular weight is 375 g/mol. The number of halogens is 1. The molecule has 0 atom stereocenters. The van der Waals surface area contributed by atoms with Crippen molar-refractivity contribution in [1.82, 2.24) is 9.13 Å². The van der Waals surface area contributed by atoms with E-state index in [-0.39, 0.29) is 23.4 Å². The number of aryl methyl sites for hydroxylation is 1. The minimum atomic E-state index is -1.15. The summed E-state index contributed by atoms with van der Waals surface area (Å²) in [6.07, 6.45) is 0. The maximum atomic E-state index is 14.8. The zero-order chi connectivity index (χ0) is 20.3. The number of ether oxygens (including phenoxy) is 1. The largest absolute Gasteiger partial charge is 0.476 e. The summed E-state index contributed by atoms with van der Waals surface area (Å²) in [6, 6.07) is 3.46. The topological polar surface area (TPSA) is 73.5 Å². The summed E-state index contributed by atoms with van der Waals surface area (Å²) in [5.74, 6) is -0.885. The van der Waals surface area contributed by atoms with Gasteiger partial charge in [0.1, 0.15) is 5.75 Å². The molecule has 1 aliphatic heterocycles. The SMILES string of the molecule is Cc1cc(=O)n(-c2cc3c(cc2F)OC(C)(C)C(=O)N3C(C)C)c(=O)n1C. The van der Waals surface area contributed by atoms with Crippen LogP contribution in [-0.2, 0) is 11.8 Å². The maximum absolute atomic E-state index is 14.8. The van der Waals surface area contributed by atoms with E-state index in [0.717, 1.165) is 10.6 Å². The molecule has 3 rings (SSSR count). The molecule has 27 heavy (non-hydrogen) atoms. The molecule has 8 heteroatoms. The summed E-state index contributed by atoms with van der Waals surface area (Å²) in [5.41, 5.74) is -1.90. The van der Waals surface area contributed by atoms with Crippen LogP contribution in [-0.4, -0.2) is 26.7 Å². The Hall–Kier alpha value is -2.90. The summed E-state index contributed by atoms with van der Waals surface area (Å²) in [7, 11) is 1.50. The van der Waals surface area contributed by atoms with Gasteiger partial charge in [-0.15, -0.1) is 0 Å². The van der Waals surface area contributed by atoms with E-state index in [1.807, 2.05) is 13.8 Å². The summed E-state index contributed by atoms with van der Waals surface area (Å²) in [4.78, 5) is 39.2. The molecule has 0 unspecified atom stereocenters. The lowest BCUT2D eigenvalue weighted by Crippen LogP contribution is -2.55. The van der Waals surface area contributed by atoms with E-state index in [1.165, 1.54) is 28.6 Å². The lowest BCUT2D eigenvalue weighted by molar-refractivity contribution is -0.133. The predicted octanol–water partition coefficient (Wildman–Crippen LogP) is 1.90. The number of hydrogen-bond donors (Lipinski definition) is 0. The van der Waals surface area contributed by atoms with Crippen molar-refractivity contribution < 1.29 is 13.9 Å². The van der Waals surface area contributed by atoms with Crippen molar-refractivity contribution in [3.63, 3.8) is 0 Å². The molecule has 0 spiro atoms. The highest BCUT2D eigenvalue weighted by atomic mass is 19.1. The third-order valence-electron chi connectivity index (χ3n) is 4.70. The van der Waals surface area contributed by atoms with Crippen molar-refractivity contribution in [2.75, 3.05) is 4.90 Å². The molecule has 0 aliphatic carbocycles. The van der Waals surface area contributed by atoms with Crippen molar-refractivity contribution in [3.05, 3.63) is 50.5 Å². The van der Waals surface area contributed by atoms with Crippen LogP contribution in [0.5, 0.6) is 5.75 Å². The molecule has 0 bridgehead atoms. The first-order valence-electron chi connectivity index (χ1n) is 8.62. The van der Waals surface area contributed by atoms with E-state index in [1.54, 1.807) is 20.8 Å².